The van der Waals surface area contributed by atoms with Crippen molar-refractivity contribution in [1.82, 2.24) is 10.2 Å². The van der Waals surface area contributed by atoms with Crippen LogP contribution in [0, 0.1) is 5.41 Å². The van der Waals surface area contributed by atoms with Crippen LogP contribution in [0.15, 0.2) is 0 Å². The molecule has 0 aromatic carbocycles. The predicted molar refractivity (Wildman–Crippen MR) is 71.5 cm³/mol. The first kappa shape index (κ1) is 13.8. The minimum absolute atomic E-state index is 0.0929. The third-order valence-corrected chi connectivity index (χ3v) is 4.25. The molecule has 2 aliphatic rings. The fourth-order valence-electron chi connectivity index (χ4n) is 3.24. The first-order valence-corrected chi connectivity index (χ1v) is 7.36. The summed E-state index contributed by atoms with van der Waals surface area (Å²) >= 11 is 0. The summed E-state index contributed by atoms with van der Waals surface area (Å²) in [5.41, 5.74) is -0.0929. The number of hydrogen-bond donors (Lipinski definition) is 1. The summed E-state index contributed by atoms with van der Waals surface area (Å²) in [4.78, 5) is 14.9. The van der Waals surface area contributed by atoms with Crippen molar-refractivity contribution in [2.75, 3.05) is 39.4 Å². The van der Waals surface area contributed by atoms with Crippen LogP contribution in [0.2, 0.25) is 0 Å². The molecule has 2 heterocycles. The van der Waals surface area contributed by atoms with Crippen molar-refractivity contribution < 1.29 is 9.53 Å². The molecular formula is C14H26N2O2. The van der Waals surface area contributed by atoms with Gasteiger partial charge in [-0.15, -0.1) is 0 Å². The highest BCUT2D eigenvalue weighted by atomic mass is 16.5. The molecule has 1 N–H and O–H groups in total. The summed E-state index contributed by atoms with van der Waals surface area (Å²) in [6, 6.07) is 0. The van der Waals surface area contributed by atoms with E-state index in [0.29, 0.717) is 12.5 Å². The van der Waals surface area contributed by atoms with Gasteiger partial charge in [-0.3, -0.25) is 4.79 Å². The summed E-state index contributed by atoms with van der Waals surface area (Å²) in [6.45, 7) is 7.29. The number of nitrogens with zero attached hydrogens (tertiary/aromatic N) is 1. The minimum Gasteiger partial charge on any atom is -0.380 e. The Morgan fingerprint density at radius 2 is 2.06 bits per heavy atom. The molecular weight excluding hydrogens is 228 g/mol. The van der Waals surface area contributed by atoms with Crippen LogP contribution < -0.4 is 5.32 Å². The predicted octanol–water partition coefficient (Wildman–Crippen LogP) is 1.41. The van der Waals surface area contributed by atoms with E-state index in [4.69, 9.17) is 4.74 Å². The van der Waals surface area contributed by atoms with E-state index in [0.717, 1.165) is 64.9 Å². The number of amides is 1. The van der Waals surface area contributed by atoms with Gasteiger partial charge in [-0.25, -0.2) is 0 Å². The van der Waals surface area contributed by atoms with Gasteiger partial charge in [0, 0.05) is 19.7 Å². The van der Waals surface area contributed by atoms with E-state index in [-0.39, 0.29) is 5.41 Å². The Bertz CT molecular complexity index is 261. The summed E-state index contributed by atoms with van der Waals surface area (Å²) in [5, 5.41) is 3.37. The molecule has 0 aromatic rings. The molecule has 0 aromatic heterocycles. The number of piperidine rings is 1. The molecule has 0 bridgehead atoms. The standard InChI is InChI=1S/C14H26N2O2/c1-2-4-14(5-7-15-8-6-14)13(17)16-9-3-11-18-12-10-16/h15H,2-12H2,1H3. The van der Waals surface area contributed by atoms with Crippen molar-refractivity contribution in [3.05, 3.63) is 0 Å². The molecule has 4 heteroatoms. The van der Waals surface area contributed by atoms with E-state index in [1.807, 2.05) is 4.90 Å². The third-order valence-electron chi connectivity index (χ3n) is 4.25. The van der Waals surface area contributed by atoms with Crippen molar-refractivity contribution in [1.29, 1.82) is 0 Å². The molecule has 2 aliphatic heterocycles. The van der Waals surface area contributed by atoms with Crippen LogP contribution >= 0.6 is 0 Å². The van der Waals surface area contributed by atoms with Gasteiger partial charge < -0.3 is 15.0 Å². The number of nitrogens with one attached hydrogen (secondary N) is 1. The molecule has 0 aliphatic carbocycles. The maximum absolute atomic E-state index is 12.9. The Morgan fingerprint density at radius 1 is 1.28 bits per heavy atom. The van der Waals surface area contributed by atoms with Crippen molar-refractivity contribution in [3.8, 4) is 0 Å². The first-order valence-electron chi connectivity index (χ1n) is 7.36. The Morgan fingerprint density at radius 3 is 2.78 bits per heavy atom. The highest BCUT2D eigenvalue weighted by Gasteiger charge is 2.41. The normalized spacial score (nSPS) is 24.6. The maximum Gasteiger partial charge on any atom is 0.228 e. The van der Waals surface area contributed by atoms with Gasteiger partial charge in [0.1, 0.15) is 0 Å². The molecule has 2 rings (SSSR count). The van der Waals surface area contributed by atoms with Crippen LogP contribution in [-0.4, -0.2) is 50.2 Å². The van der Waals surface area contributed by atoms with Gasteiger partial charge in [-0.2, -0.15) is 0 Å². The second kappa shape index (κ2) is 6.53. The molecule has 0 unspecified atom stereocenters. The maximum atomic E-state index is 12.9. The SMILES string of the molecule is CCCC1(C(=O)N2CCCOCC2)CCNCC1. The van der Waals surface area contributed by atoms with Gasteiger partial charge in [0.2, 0.25) is 5.91 Å². The summed E-state index contributed by atoms with van der Waals surface area (Å²) in [6.07, 6.45) is 5.10. The lowest BCUT2D eigenvalue weighted by molar-refractivity contribution is -0.144. The molecule has 0 radical (unpaired) electrons. The lowest BCUT2D eigenvalue weighted by Gasteiger charge is -2.39. The average molecular weight is 254 g/mol. The molecule has 104 valence electrons. The van der Waals surface area contributed by atoms with Gasteiger partial charge in [0.25, 0.3) is 0 Å². The van der Waals surface area contributed by atoms with E-state index < -0.39 is 0 Å². The Balaban J connectivity index is 2.06. The van der Waals surface area contributed by atoms with Gasteiger partial charge in [0.15, 0.2) is 0 Å². The number of carbonyl (C=O) groups excluding carboxylic acids is 1. The topological polar surface area (TPSA) is 41.6 Å². The van der Waals surface area contributed by atoms with Crippen molar-refractivity contribution in [3.63, 3.8) is 0 Å². The zero-order valence-corrected chi connectivity index (χ0v) is 11.5. The van der Waals surface area contributed by atoms with E-state index in [1.165, 1.54) is 0 Å². The van der Waals surface area contributed by atoms with Crippen LogP contribution in [0.25, 0.3) is 0 Å². The molecule has 0 atom stereocenters. The van der Waals surface area contributed by atoms with E-state index in [9.17, 15) is 4.79 Å². The highest BCUT2D eigenvalue weighted by Crippen LogP contribution is 2.36. The summed E-state index contributed by atoms with van der Waals surface area (Å²) in [5.74, 6) is 0.386. The fraction of sp³-hybridized carbons (Fsp3) is 0.929. The minimum atomic E-state index is -0.0929. The Hall–Kier alpha value is -0.610. The van der Waals surface area contributed by atoms with Crippen molar-refractivity contribution >= 4 is 5.91 Å². The third kappa shape index (κ3) is 3.04. The number of rotatable bonds is 3. The van der Waals surface area contributed by atoms with Crippen molar-refractivity contribution in [2.24, 2.45) is 5.41 Å². The molecule has 4 nitrogen and oxygen atoms in total. The van der Waals surface area contributed by atoms with Gasteiger partial charge in [-0.1, -0.05) is 13.3 Å². The van der Waals surface area contributed by atoms with Crippen LogP contribution in [0.5, 0.6) is 0 Å². The monoisotopic (exact) mass is 254 g/mol. The van der Waals surface area contributed by atoms with E-state index in [1.54, 1.807) is 0 Å². The Labute approximate surface area is 110 Å². The average Bonchev–Trinajstić information content (AvgIpc) is 2.68. The highest BCUT2D eigenvalue weighted by molar-refractivity contribution is 5.83. The van der Waals surface area contributed by atoms with Crippen LogP contribution in [-0.2, 0) is 9.53 Å². The second-order valence-corrected chi connectivity index (χ2v) is 5.54. The van der Waals surface area contributed by atoms with Crippen LogP contribution in [0.1, 0.15) is 39.0 Å². The van der Waals surface area contributed by atoms with Crippen LogP contribution in [0.4, 0.5) is 0 Å². The van der Waals surface area contributed by atoms with Crippen molar-refractivity contribution in [2.45, 2.75) is 39.0 Å². The Kier molecular flexibility index (Phi) is 5.01. The smallest absolute Gasteiger partial charge is 0.228 e. The van der Waals surface area contributed by atoms with Gasteiger partial charge in [-0.05, 0) is 38.8 Å². The number of hydrogen-bond acceptors (Lipinski definition) is 3. The molecule has 0 spiro atoms. The van der Waals surface area contributed by atoms with E-state index >= 15 is 0 Å². The number of ether oxygens (including phenoxy) is 1. The second-order valence-electron chi connectivity index (χ2n) is 5.54. The molecule has 2 saturated heterocycles. The van der Waals surface area contributed by atoms with Gasteiger partial charge in [0.05, 0.1) is 12.0 Å². The molecule has 0 saturated carbocycles. The zero-order chi connectivity index (χ0) is 12.8. The summed E-state index contributed by atoms with van der Waals surface area (Å²) < 4.78 is 5.45. The van der Waals surface area contributed by atoms with Gasteiger partial charge >= 0.3 is 0 Å². The zero-order valence-electron chi connectivity index (χ0n) is 11.5. The lowest BCUT2D eigenvalue weighted by Crippen LogP contribution is -2.50. The van der Waals surface area contributed by atoms with E-state index in [2.05, 4.69) is 12.2 Å². The molecule has 2 fully saturated rings. The first-order chi connectivity index (χ1) is 8.78. The molecule has 18 heavy (non-hydrogen) atoms. The van der Waals surface area contributed by atoms with Crippen LogP contribution in [0.3, 0.4) is 0 Å². The fourth-order valence-corrected chi connectivity index (χ4v) is 3.24. The quantitative estimate of drug-likeness (QED) is 0.828. The number of carbonyl (C=O) groups is 1. The summed E-state index contributed by atoms with van der Waals surface area (Å²) in [7, 11) is 0. The molecule has 1 amide bonds. The lowest BCUT2D eigenvalue weighted by atomic mass is 9.74. The largest absolute Gasteiger partial charge is 0.380 e.